The maximum atomic E-state index is 14.1. The van der Waals surface area contributed by atoms with Crippen LogP contribution in [0.4, 0.5) is 0 Å². The van der Waals surface area contributed by atoms with Crippen LogP contribution in [-0.2, 0) is 9.59 Å². The number of Topliss-reactive ketones (excluding diaryl/α,β-unsaturated/α-hetero) is 1. The van der Waals surface area contributed by atoms with Crippen LogP contribution in [-0.4, -0.2) is 33.0 Å². The van der Waals surface area contributed by atoms with E-state index in [2.05, 4.69) is 47.6 Å². The summed E-state index contributed by atoms with van der Waals surface area (Å²) in [5.41, 5.74) is -1.28. The van der Waals surface area contributed by atoms with Crippen molar-refractivity contribution < 1.29 is 19.8 Å². The van der Waals surface area contributed by atoms with Crippen molar-refractivity contribution >= 4 is 11.6 Å². The van der Waals surface area contributed by atoms with Gasteiger partial charge < -0.3 is 10.2 Å². The molecule has 6 rings (SSSR count). The zero-order valence-electron chi connectivity index (χ0n) is 22.4. The molecule has 0 aliphatic heterocycles. The first-order valence-electron chi connectivity index (χ1n) is 13.4. The lowest BCUT2D eigenvalue weighted by Crippen LogP contribution is -2.69. The SMILES string of the molecule is CC1(C)CCC[C@@]1(C)C1=C[C@H]2[C@@H]3[C@@H](C([C@]4(C)CCCC4(C)C)=CC(=O)[C@]3(C)O)[C@@H]1C(=O)[C@@]2(C)O. The van der Waals surface area contributed by atoms with E-state index in [-0.39, 0.29) is 39.1 Å². The number of carbonyl (C=O) groups is 2. The maximum Gasteiger partial charge on any atom is 0.187 e. The lowest BCUT2D eigenvalue weighted by atomic mass is 9.41. The molecule has 0 spiro atoms. The standard InChI is InChI=1S/C30H44O4/c1-25(2)11-9-13-27(25,5)17-15-19-23-21(22(17)24(32)29(19,7)33)18(16-20(31)30(23,8)34)28(6)14-10-12-26(28,3)4/h15-16,19,21-23,33-34H,9-14H2,1-8H3/t19-,21-,22+,23+,27-,28-,29-,30-/m0/s1. The predicted molar refractivity (Wildman–Crippen MR) is 133 cm³/mol. The molecule has 0 heterocycles. The van der Waals surface area contributed by atoms with Gasteiger partial charge in [0.1, 0.15) is 11.2 Å². The van der Waals surface area contributed by atoms with Crippen LogP contribution in [0.1, 0.15) is 93.9 Å². The van der Waals surface area contributed by atoms with E-state index in [0.29, 0.717) is 0 Å². The molecule has 4 heteroatoms. The molecule has 188 valence electrons. The minimum Gasteiger partial charge on any atom is -0.382 e. The molecular formula is C30H44O4. The Balaban J connectivity index is 1.77. The van der Waals surface area contributed by atoms with Crippen molar-refractivity contribution in [1.29, 1.82) is 0 Å². The second-order valence-corrected chi connectivity index (χ2v) is 14.4. The number of fused-ring (bicyclic) bond motifs is 1. The van der Waals surface area contributed by atoms with Crippen molar-refractivity contribution in [2.75, 3.05) is 0 Å². The van der Waals surface area contributed by atoms with Gasteiger partial charge in [0.25, 0.3) is 0 Å². The summed E-state index contributed by atoms with van der Waals surface area (Å²) in [5.74, 6) is -2.20. The van der Waals surface area contributed by atoms with Crippen molar-refractivity contribution in [3.05, 3.63) is 23.3 Å². The van der Waals surface area contributed by atoms with Gasteiger partial charge in [-0.2, -0.15) is 0 Å². The van der Waals surface area contributed by atoms with E-state index in [0.717, 1.165) is 49.7 Å². The highest BCUT2D eigenvalue weighted by Crippen LogP contribution is 2.70. The second-order valence-electron chi connectivity index (χ2n) is 14.4. The summed E-state index contributed by atoms with van der Waals surface area (Å²) in [4.78, 5) is 27.6. The highest BCUT2D eigenvalue weighted by Gasteiger charge is 2.70. The number of ketones is 2. The summed E-state index contributed by atoms with van der Waals surface area (Å²) < 4.78 is 0. The Morgan fingerprint density at radius 1 is 0.735 bits per heavy atom. The van der Waals surface area contributed by atoms with Gasteiger partial charge in [-0.25, -0.2) is 0 Å². The fraction of sp³-hybridized carbons (Fsp3) is 0.800. The molecule has 4 nitrogen and oxygen atoms in total. The van der Waals surface area contributed by atoms with E-state index in [9.17, 15) is 19.8 Å². The minimum atomic E-state index is -1.60. The van der Waals surface area contributed by atoms with E-state index in [1.54, 1.807) is 19.9 Å². The van der Waals surface area contributed by atoms with E-state index < -0.39 is 29.0 Å². The summed E-state index contributed by atoms with van der Waals surface area (Å²) in [6.45, 7) is 17.0. The molecule has 6 aliphatic carbocycles. The van der Waals surface area contributed by atoms with Crippen LogP contribution < -0.4 is 0 Å². The van der Waals surface area contributed by atoms with Gasteiger partial charge in [-0.05, 0) is 67.3 Å². The third-order valence-corrected chi connectivity index (χ3v) is 12.3. The van der Waals surface area contributed by atoms with Gasteiger partial charge in [-0.3, -0.25) is 9.59 Å². The summed E-state index contributed by atoms with van der Waals surface area (Å²) >= 11 is 0. The number of rotatable bonds is 2. The fourth-order valence-corrected chi connectivity index (χ4v) is 9.06. The van der Waals surface area contributed by atoms with Crippen LogP contribution in [0.3, 0.4) is 0 Å². The van der Waals surface area contributed by atoms with Gasteiger partial charge in [0.2, 0.25) is 0 Å². The normalized spacial score (nSPS) is 51.4. The molecule has 6 aliphatic rings. The van der Waals surface area contributed by atoms with Gasteiger partial charge >= 0.3 is 0 Å². The molecule has 3 saturated carbocycles. The van der Waals surface area contributed by atoms with Crippen molar-refractivity contribution in [3.63, 3.8) is 0 Å². The molecule has 3 fully saturated rings. The predicted octanol–water partition coefficient (Wildman–Crippen LogP) is 5.42. The highest BCUT2D eigenvalue weighted by atomic mass is 16.3. The molecule has 0 aromatic rings. The Morgan fingerprint density at radius 2 is 1.24 bits per heavy atom. The van der Waals surface area contributed by atoms with Crippen molar-refractivity contribution in [2.24, 2.45) is 45.3 Å². The molecule has 0 aromatic heterocycles. The quantitative estimate of drug-likeness (QED) is 0.531. The largest absolute Gasteiger partial charge is 0.382 e. The molecule has 2 N–H and O–H groups in total. The lowest BCUT2D eigenvalue weighted by molar-refractivity contribution is -0.181. The Kier molecular flexibility index (Phi) is 4.84. The second kappa shape index (κ2) is 6.73. The third kappa shape index (κ3) is 2.68. The first kappa shape index (κ1) is 24.4. The summed E-state index contributed by atoms with van der Waals surface area (Å²) in [7, 11) is 0. The zero-order valence-corrected chi connectivity index (χ0v) is 22.4. The maximum absolute atomic E-state index is 14.1. The summed E-state index contributed by atoms with van der Waals surface area (Å²) in [6, 6.07) is 0. The number of hydrogen-bond donors (Lipinski definition) is 2. The van der Waals surface area contributed by atoms with Crippen LogP contribution in [0.15, 0.2) is 23.3 Å². The Labute approximate surface area is 205 Å². The van der Waals surface area contributed by atoms with E-state index in [4.69, 9.17) is 0 Å². The fourth-order valence-electron chi connectivity index (χ4n) is 9.06. The zero-order chi connectivity index (χ0) is 25.3. The number of allylic oxidation sites excluding steroid dienone is 2. The molecule has 0 amide bonds. The average molecular weight is 469 g/mol. The van der Waals surface area contributed by atoms with Gasteiger partial charge in [-0.1, -0.05) is 71.6 Å². The Morgan fingerprint density at radius 3 is 1.71 bits per heavy atom. The topological polar surface area (TPSA) is 74.6 Å². The van der Waals surface area contributed by atoms with Gasteiger partial charge in [-0.15, -0.1) is 0 Å². The van der Waals surface area contributed by atoms with Crippen LogP contribution in [0.5, 0.6) is 0 Å². The first-order chi connectivity index (χ1) is 15.4. The molecule has 0 unspecified atom stereocenters. The van der Waals surface area contributed by atoms with Crippen molar-refractivity contribution in [1.82, 2.24) is 0 Å². The lowest BCUT2D eigenvalue weighted by Gasteiger charge is -2.63. The van der Waals surface area contributed by atoms with Crippen LogP contribution in [0.25, 0.3) is 0 Å². The number of aliphatic hydroxyl groups is 2. The molecule has 0 saturated heterocycles. The molecule has 8 atom stereocenters. The monoisotopic (exact) mass is 468 g/mol. The van der Waals surface area contributed by atoms with Gasteiger partial charge in [0, 0.05) is 23.7 Å². The van der Waals surface area contributed by atoms with Gasteiger partial charge in [0.15, 0.2) is 11.6 Å². The van der Waals surface area contributed by atoms with E-state index >= 15 is 0 Å². The van der Waals surface area contributed by atoms with Crippen molar-refractivity contribution in [3.8, 4) is 0 Å². The number of hydrogen-bond acceptors (Lipinski definition) is 4. The Bertz CT molecular complexity index is 1020. The van der Waals surface area contributed by atoms with Crippen LogP contribution in [0, 0.1) is 45.3 Å². The summed E-state index contributed by atoms with van der Waals surface area (Å²) in [6.07, 6.45) is 10.3. The number of carbonyl (C=O) groups excluding carboxylic acids is 2. The van der Waals surface area contributed by atoms with Crippen LogP contribution in [0.2, 0.25) is 0 Å². The molecular weight excluding hydrogens is 424 g/mol. The minimum absolute atomic E-state index is 0.00444. The van der Waals surface area contributed by atoms with Crippen LogP contribution >= 0.6 is 0 Å². The van der Waals surface area contributed by atoms with Gasteiger partial charge in [0.05, 0.1) is 0 Å². The first-order valence-corrected chi connectivity index (χ1v) is 13.4. The smallest absolute Gasteiger partial charge is 0.187 e. The molecule has 34 heavy (non-hydrogen) atoms. The summed E-state index contributed by atoms with van der Waals surface area (Å²) in [5, 5.41) is 23.2. The molecule has 0 aromatic carbocycles. The average Bonchev–Trinajstić information content (AvgIpc) is 3.16. The third-order valence-electron chi connectivity index (χ3n) is 12.3. The molecule has 2 bridgehead atoms. The van der Waals surface area contributed by atoms with Crippen molar-refractivity contribution in [2.45, 2.75) is 105 Å². The van der Waals surface area contributed by atoms with E-state index in [1.807, 2.05) is 0 Å². The highest BCUT2D eigenvalue weighted by molar-refractivity contribution is 6.02. The van der Waals surface area contributed by atoms with E-state index in [1.165, 1.54) is 0 Å². The Hall–Kier alpha value is -1.26. The molecule has 0 radical (unpaired) electrons.